The zero-order valence-corrected chi connectivity index (χ0v) is 13.6. The number of benzene rings is 1. The predicted molar refractivity (Wildman–Crippen MR) is 91.1 cm³/mol. The van der Waals surface area contributed by atoms with E-state index in [1.807, 2.05) is 6.92 Å². The summed E-state index contributed by atoms with van der Waals surface area (Å²) >= 11 is 0. The normalized spacial score (nSPS) is 11.0. The molecule has 6 nitrogen and oxygen atoms in total. The van der Waals surface area contributed by atoms with Crippen molar-refractivity contribution in [3.63, 3.8) is 0 Å². The molecule has 0 aliphatic carbocycles. The maximum Gasteiger partial charge on any atom is 0.341 e. The summed E-state index contributed by atoms with van der Waals surface area (Å²) < 4.78 is 15.4. The topological polar surface area (TPSA) is 70.5 Å². The predicted octanol–water partition coefficient (Wildman–Crippen LogP) is 0.325. The van der Waals surface area contributed by atoms with E-state index in [2.05, 4.69) is 9.97 Å². The highest BCUT2D eigenvalue weighted by molar-refractivity contribution is 6.34. The van der Waals surface area contributed by atoms with Gasteiger partial charge in [-0.3, -0.25) is 4.98 Å². The summed E-state index contributed by atoms with van der Waals surface area (Å²) in [6, 6.07) is 5.17. The number of hydrogen-bond donors (Lipinski definition) is 0. The van der Waals surface area contributed by atoms with Crippen LogP contribution in [-0.4, -0.2) is 45.8 Å². The zero-order chi connectivity index (χ0) is 17.7. The number of carbonyl (C=O) groups is 1. The largest absolute Gasteiger partial charge is 0.503 e. The Morgan fingerprint density at radius 3 is 2.67 bits per heavy atom. The Morgan fingerprint density at radius 2 is 2.00 bits per heavy atom. The second-order valence-corrected chi connectivity index (χ2v) is 4.83. The third kappa shape index (κ3) is 3.95. The van der Waals surface area contributed by atoms with Crippen LogP contribution in [0.1, 0.15) is 11.1 Å². The molecule has 0 aliphatic rings. The van der Waals surface area contributed by atoms with Gasteiger partial charge in [-0.25, -0.2) is 9.78 Å². The first kappa shape index (κ1) is 17.6. The van der Waals surface area contributed by atoms with Gasteiger partial charge in [0.15, 0.2) is 7.85 Å². The highest BCUT2D eigenvalue weighted by Crippen LogP contribution is 2.27. The molecule has 0 saturated carbocycles. The molecule has 0 spiro atoms. The molecule has 2 aromatic rings. The highest BCUT2D eigenvalue weighted by atomic mass is 16.5. The molecular weight excluding hydrogens is 306 g/mol. The Morgan fingerprint density at radius 1 is 1.25 bits per heavy atom. The number of carbonyl (C=O) groups excluding carboxylic acids is 1. The van der Waals surface area contributed by atoms with Crippen molar-refractivity contribution in [2.75, 3.05) is 14.2 Å². The van der Waals surface area contributed by atoms with Crippen LogP contribution in [0.5, 0.6) is 11.6 Å². The molecule has 0 amide bonds. The zero-order valence-electron chi connectivity index (χ0n) is 13.6. The fraction of sp³-hybridized carbons (Fsp3) is 0.188. The Hall–Kier alpha value is -2.76. The van der Waals surface area contributed by atoms with Crippen LogP contribution in [0.15, 0.2) is 30.7 Å². The molecule has 0 unspecified atom stereocenters. The van der Waals surface area contributed by atoms with Crippen molar-refractivity contribution in [2.45, 2.75) is 6.92 Å². The number of methoxy groups -OCH3 is 2. The van der Waals surface area contributed by atoms with Crippen molar-refractivity contribution < 1.29 is 19.0 Å². The summed E-state index contributed by atoms with van der Waals surface area (Å²) in [5.74, 6) is 0.0295. The first-order valence-electron chi connectivity index (χ1n) is 6.94. The van der Waals surface area contributed by atoms with Crippen molar-refractivity contribution >= 4 is 38.4 Å². The summed E-state index contributed by atoms with van der Waals surface area (Å²) in [6.45, 7) is 1.85. The first-order chi connectivity index (χ1) is 11.5. The molecule has 4 radical (unpaired) electrons. The SMILES string of the molecule is [B]c1ncc([B])c(Oc2ccc(C)c(/C(=C\OC)C(=O)OC)c2)n1. The quantitative estimate of drug-likeness (QED) is 0.342. The first-order valence-corrected chi connectivity index (χ1v) is 6.94. The number of aryl methyl sites for hydroxylation is 1. The smallest absolute Gasteiger partial charge is 0.341 e. The fourth-order valence-electron chi connectivity index (χ4n) is 1.99. The minimum absolute atomic E-state index is 0.0427. The molecule has 8 heteroatoms. The number of hydrogen-bond acceptors (Lipinski definition) is 6. The lowest BCUT2D eigenvalue weighted by Crippen LogP contribution is -2.21. The van der Waals surface area contributed by atoms with Gasteiger partial charge in [0.1, 0.15) is 19.2 Å². The molecule has 0 bridgehead atoms. The van der Waals surface area contributed by atoms with E-state index in [4.69, 9.17) is 29.9 Å². The third-order valence-electron chi connectivity index (χ3n) is 3.15. The van der Waals surface area contributed by atoms with Gasteiger partial charge < -0.3 is 14.2 Å². The van der Waals surface area contributed by atoms with Crippen molar-refractivity contribution in [1.29, 1.82) is 0 Å². The molecular formula is C16H14B2N2O4. The number of rotatable bonds is 5. The number of nitrogens with zero attached hydrogens (tertiary/aromatic N) is 2. The van der Waals surface area contributed by atoms with E-state index in [0.29, 0.717) is 11.3 Å². The van der Waals surface area contributed by atoms with Crippen LogP contribution < -0.4 is 15.9 Å². The minimum Gasteiger partial charge on any atom is -0.503 e. The molecule has 1 heterocycles. The molecule has 1 aromatic heterocycles. The van der Waals surface area contributed by atoms with Crippen molar-refractivity contribution in [3.8, 4) is 11.6 Å². The van der Waals surface area contributed by atoms with E-state index in [-0.39, 0.29) is 22.6 Å². The molecule has 0 aliphatic heterocycles. The summed E-state index contributed by atoms with van der Waals surface area (Å²) in [5.41, 5.74) is 1.99. The molecule has 2 rings (SSSR count). The molecule has 0 saturated heterocycles. The van der Waals surface area contributed by atoms with Crippen LogP contribution >= 0.6 is 0 Å². The van der Waals surface area contributed by atoms with E-state index in [0.717, 1.165) is 5.56 Å². The Balaban J connectivity index is 2.43. The van der Waals surface area contributed by atoms with Gasteiger partial charge >= 0.3 is 5.97 Å². The Kier molecular flexibility index (Phi) is 5.63. The highest BCUT2D eigenvalue weighted by Gasteiger charge is 2.17. The van der Waals surface area contributed by atoms with Gasteiger partial charge in [-0.15, -0.1) is 0 Å². The lowest BCUT2D eigenvalue weighted by atomic mass is 9.98. The maximum atomic E-state index is 12.0. The second-order valence-electron chi connectivity index (χ2n) is 4.83. The van der Waals surface area contributed by atoms with E-state index in [1.165, 1.54) is 26.7 Å². The third-order valence-corrected chi connectivity index (χ3v) is 3.15. The van der Waals surface area contributed by atoms with Crippen molar-refractivity contribution in [2.24, 2.45) is 0 Å². The summed E-state index contributed by atoms with van der Waals surface area (Å²) in [6.07, 6.45) is 2.67. The molecule has 0 atom stereocenters. The van der Waals surface area contributed by atoms with Gasteiger partial charge in [-0.2, -0.15) is 0 Å². The van der Waals surface area contributed by atoms with Crippen molar-refractivity contribution in [3.05, 3.63) is 41.8 Å². The van der Waals surface area contributed by atoms with E-state index in [9.17, 15) is 4.79 Å². The number of esters is 1. The average molecular weight is 320 g/mol. The summed E-state index contributed by atoms with van der Waals surface area (Å²) in [7, 11) is 14.1. The maximum absolute atomic E-state index is 12.0. The van der Waals surface area contributed by atoms with Crippen LogP contribution in [-0.2, 0) is 14.3 Å². The van der Waals surface area contributed by atoms with E-state index in [1.54, 1.807) is 18.2 Å². The van der Waals surface area contributed by atoms with E-state index < -0.39 is 5.97 Å². The standard InChI is InChI=1S/C16H14B2N2O4/c1-9-4-5-10(24-14-13(17)7-19-16(18)20-14)6-11(9)12(8-22-2)15(21)23-3/h4-8H,1-3H3/b12-8+. The molecule has 24 heavy (non-hydrogen) atoms. The number of ether oxygens (including phenoxy) is 3. The lowest BCUT2D eigenvalue weighted by molar-refractivity contribution is -0.133. The van der Waals surface area contributed by atoms with Gasteiger partial charge in [0.05, 0.1) is 26.2 Å². The van der Waals surface area contributed by atoms with Gasteiger partial charge in [0.2, 0.25) is 5.88 Å². The van der Waals surface area contributed by atoms with Crippen LogP contribution in [0, 0.1) is 6.92 Å². The van der Waals surface area contributed by atoms with Crippen LogP contribution in [0.2, 0.25) is 0 Å². The molecule has 1 aromatic carbocycles. The second kappa shape index (κ2) is 7.68. The Labute approximate surface area is 142 Å². The van der Waals surface area contributed by atoms with Gasteiger partial charge in [-0.1, -0.05) is 6.07 Å². The van der Waals surface area contributed by atoms with Crippen LogP contribution in [0.3, 0.4) is 0 Å². The Bertz CT molecular complexity index is 794. The van der Waals surface area contributed by atoms with Gasteiger partial charge in [0, 0.05) is 6.20 Å². The lowest BCUT2D eigenvalue weighted by Gasteiger charge is -2.13. The number of aromatic nitrogens is 2. The molecule has 118 valence electrons. The van der Waals surface area contributed by atoms with Crippen LogP contribution in [0.4, 0.5) is 0 Å². The minimum atomic E-state index is -0.525. The van der Waals surface area contributed by atoms with Gasteiger partial charge in [0.25, 0.3) is 0 Å². The monoisotopic (exact) mass is 320 g/mol. The molecule has 0 fully saturated rings. The van der Waals surface area contributed by atoms with Crippen molar-refractivity contribution in [1.82, 2.24) is 9.97 Å². The summed E-state index contributed by atoms with van der Waals surface area (Å²) in [4.78, 5) is 19.7. The average Bonchev–Trinajstić information content (AvgIpc) is 2.57. The van der Waals surface area contributed by atoms with Gasteiger partial charge in [-0.05, 0) is 35.6 Å². The fourth-order valence-corrected chi connectivity index (χ4v) is 1.99. The summed E-state index contributed by atoms with van der Waals surface area (Å²) in [5, 5.41) is 0. The van der Waals surface area contributed by atoms with Crippen LogP contribution in [0.25, 0.3) is 5.57 Å². The molecule has 0 N–H and O–H groups in total. The van der Waals surface area contributed by atoms with E-state index >= 15 is 0 Å².